The second-order valence-corrected chi connectivity index (χ2v) is 3.40. The molecule has 1 saturated heterocycles. The van der Waals surface area contributed by atoms with Crippen LogP contribution in [0.2, 0.25) is 0 Å². The number of nitrogens with zero attached hydrogens (tertiary/aromatic N) is 1. The molecular weight excluding hydrogens is 186 g/mol. The number of hydrogen-bond donors (Lipinski definition) is 1. The topological polar surface area (TPSA) is 72.6 Å². The Balaban J connectivity index is 2.07. The largest absolute Gasteiger partial charge is 0.478 e. The predicted molar refractivity (Wildman–Crippen MR) is 46.1 cm³/mol. The van der Waals surface area contributed by atoms with Gasteiger partial charge in [0.15, 0.2) is 5.76 Å². The van der Waals surface area contributed by atoms with E-state index in [0.717, 1.165) is 13.0 Å². The number of aromatic carboxylic acids is 1. The molecule has 1 aliphatic rings. The lowest BCUT2D eigenvalue weighted by Crippen LogP contribution is -2.06. The van der Waals surface area contributed by atoms with Crippen LogP contribution in [0.1, 0.15) is 22.5 Å². The average molecular weight is 197 g/mol. The Hall–Kier alpha value is -1.36. The zero-order valence-electron chi connectivity index (χ0n) is 7.60. The molecule has 1 atom stereocenters. The fraction of sp³-hybridized carbons (Fsp3) is 0.556. The Morgan fingerprint density at radius 1 is 1.71 bits per heavy atom. The van der Waals surface area contributed by atoms with Crippen LogP contribution < -0.4 is 0 Å². The van der Waals surface area contributed by atoms with Crippen molar-refractivity contribution in [2.45, 2.75) is 12.8 Å². The van der Waals surface area contributed by atoms with Crippen molar-refractivity contribution >= 4 is 5.97 Å². The van der Waals surface area contributed by atoms with E-state index in [-0.39, 0.29) is 5.56 Å². The quantitative estimate of drug-likeness (QED) is 0.781. The lowest BCUT2D eigenvalue weighted by molar-refractivity contribution is 0.0694. The van der Waals surface area contributed by atoms with Crippen LogP contribution in [-0.4, -0.2) is 29.4 Å². The van der Waals surface area contributed by atoms with Gasteiger partial charge in [0.2, 0.25) is 0 Å². The fourth-order valence-electron chi connectivity index (χ4n) is 1.59. The summed E-state index contributed by atoms with van der Waals surface area (Å²) < 4.78 is 10.1. The van der Waals surface area contributed by atoms with Gasteiger partial charge in [-0.25, -0.2) is 4.79 Å². The lowest BCUT2D eigenvalue weighted by Gasteiger charge is -2.03. The van der Waals surface area contributed by atoms with E-state index in [4.69, 9.17) is 14.4 Å². The maximum absolute atomic E-state index is 10.7. The van der Waals surface area contributed by atoms with Gasteiger partial charge in [-0.3, -0.25) is 0 Å². The third-order valence-electron chi connectivity index (χ3n) is 2.37. The summed E-state index contributed by atoms with van der Waals surface area (Å²) in [5.74, 6) is -0.172. The van der Waals surface area contributed by atoms with Crippen LogP contribution in [0.15, 0.2) is 10.7 Å². The lowest BCUT2D eigenvalue weighted by atomic mass is 10.0. The molecular formula is C9H11NO4. The fourth-order valence-corrected chi connectivity index (χ4v) is 1.59. The molecule has 1 unspecified atom stereocenters. The summed E-state index contributed by atoms with van der Waals surface area (Å²) in [4.78, 5) is 10.7. The highest BCUT2D eigenvalue weighted by atomic mass is 16.5. The normalized spacial score (nSPS) is 21.3. The second-order valence-electron chi connectivity index (χ2n) is 3.40. The standard InChI is InChI=1S/C9H11NO4/c11-9(12)7-4-10-14-8(7)3-6-1-2-13-5-6/h4,6H,1-3,5H2,(H,11,12). The highest BCUT2D eigenvalue weighted by Gasteiger charge is 2.22. The van der Waals surface area contributed by atoms with E-state index in [1.165, 1.54) is 6.20 Å². The van der Waals surface area contributed by atoms with E-state index in [1.54, 1.807) is 0 Å². The smallest absolute Gasteiger partial charge is 0.340 e. The number of carboxylic acids is 1. The average Bonchev–Trinajstić information content (AvgIpc) is 2.75. The number of aromatic nitrogens is 1. The summed E-state index contributed by atoms with van der Waals surface area (Å²) in [6.07, 6.45) is 2.80. The Kier molecular flexibility index (Phi) is 2.49. The van der Waals surface area contributed by atoms with Crippen LogP contribution in [0.4, 0.5) is 0 Å². The van der Waals surface area contributed by atoms with E-state index >= 15 is 0 Å². The summed E-state index contributed by atoms with van der Waals surface area (Å²) in [7, 11) is 0. The van der Waals surface area contributed by atoms with E-state index in [1.807, 2.05) is 0 Å². The number of carboxylic acid groups (broad SMARTS) is 1. The van der Waals surface area contributed by atoms with Crippen molar-refractivity contribution in [2.75, 3.05) is 13.2 Å². The van der Waals surface area contributed by atoms with Gasteiger partial charge in [-0.15, -0.1) is 0 Å². The molecule has 14 heavy (non-hydrogen) atoms. The molecule has 0 radical (unpaired) electrons. The van der Waals surface area contributed by atoms with Gasteiger partial charge in [0.1, 0.15) is 5.56 Å². The van der Waals surface area contributed by atoms with Crippen LogP contribution in [0.5, 0.6) is 0 Å². The van der Waals surface area contributed by atoms with Crippen molar-refractivity contribution in [1.29, 1.82) is 0 Å². The molecule has 2 heterocycles. The summed E-state index contributed by atoms with van der Waals surface area (Å²) in [6, 6.07) is 0. The summed E-state index contributed by atoms with van der Waals surface area (Å²) in [6.45, 7) is 1.43. The van der Waals surface area contributed by atoms with Crippen LogP contribution in [-0.2, 0) is 11.2 Å². The molecule has 2 rings (SSSR count). The van der Waals surface area contributed by atoms with Gasteiger partial charge in [-0.05, 0) is 12.3 Å². The van der Waals surface area contributed by atoms with Crippen LogP contribution in [0.3, 0.4) is 0 Å². The van der Waals surface area contributed by atoms with Crippen molar-refractivity contribution in [1.82, 2.24) is 5.16 Å². The van der Waals surface area contributed by atoms with Gasteiger partial charge in [-0.2, -0.15) is 0 Å². The third kappa shape index (κ3) is 1.77. The summed E-state index contributed by atoms with van der Waals surface area (Å²) in [5.41, 5.74) is 0.164. The molecule has 0 saturated carbocycles. The Morgan fingerprint density at radius 3 is 3.21 bits per heavy atom. The van der Waals surface area contributed by atoms with E-state index < -0.39 is 5.97 Å². The number of carbonyl (C=O) groups is 1. The van der Waals surface area contributed by atoms with E-state index in [9.17, 15) is 4.79 Å². The maximum atomic E-state index is 10.7. The number of ether oxygens (including phenoxy) is 1. The minimum atomic E-state index is -0.986. The molecule has 0 amide bonds. The minimum Gasteiger partial charge on any atom is -0.478 e. The molecule has 76 valence electrons. The van der Waals surface area contributed by atoms with Crippen molar-refractivity contribution in [3.63, 3.8) is 0 Å². The SMILES string of the molecule is O=C(O)c1cnoc1CC1CCOC1. The highest BCUT2D eigenvalue weighted by Crippen LogP contribution is 2.20. The summed E-state index contributed by atoms with van der Waals surface area (Å²) >= 11 is 0. The molecule has 1 aliphatic heterocycles. The monoisotopic (exact) mass is 197 g/mol. The first-order chi connectivity index (χ1) is 6.77. The Bertz CT molecular complexity index is 327. The molecule has 1 N–H and O–H groups in total. The summed E-state index contributed by atoms with van der Waals surface area (Å²) in [5, 5.41) is 12.3. The van der Waals surface area contributed by atoms with E-state index in [2.05, 4.69) is 5.16 Å². The molecule has 1 aromatic rings. The molecule has 0 aliphatic carbocycles. The molecule has 0 bridgehead atoms. The number of rotatable bonds is 3. The molecule has 5 heteroatoms. The van der Waals surface area contributed by atoms with Crippen molar-refractivity contribution in [3.8, 4) is 0 Å². The molecule has 5 nitrogen and oxygen atoms in total. The van der Waals surface area contributed by atoms with Crippen molar-refractivity contribution in [3.05, 3.63) is 17.5 Å². The zero-order chi connectivity index (χ0) is 9.97. The Morgan fingerprint density at radius 2 is 2.57 bits per heavy atom. The number of hydrogen-bond acceptors (Lipinski definition) is 4. The van der Waals surface area contributed by atoms with Gasteiger partial charge >= 0.3 is 5.97 Å². The van der Waals surface area contributed by atoms with Crippen molar-refractivity contribution < 1.29 is 19.2 Å². The minimum absolute atomic E-state index is 0.164. The van der Waals surface area contributed by atoms with Gasteiger partial charge in [-0.1, -0.05) is 5.16 Å². The van der Waals surface area contributed by atoms with Crippen molar-refractivity contribution in [2.24, 2.45) is 5.92 Å². The van der Waals surface area contributed by atoms with Crippen LogP contribution in [0.25, 0.3) is 0 Å². The first-order valence-electron chi connectivity index (χ1n) is 4.52. The van der Waals surface area contributed by atoms with Gasteiger partial charge in [0, 0.05) is 19.6 Å². The van der Waals surface area contributed by atoms with E-state index in [0.29, 0.717) is 24.7 Å². The highest BCUT2D eigenvalue weighted by molar-refractivity contribution is 5.88. The zero-order valence-corrected chi connectivity index (χ0v) is 7.60. The maximum Gasteiger partial charge on any atom is 0.340 e. The molecule has 0 spiro atoms. The van der Waals surface area contributed by atoms with Gasteiger partial charge < -0.3 is 14.4 Å². The predicted octanol–water partition coefficient (Wildman–Crippen LogP) is 0.952. The van der Waals surface area contributed by atoms with Crippen LogP contribution in [0, 0.1) is 5.92 Å². The molecule has 0 aromatic carbocycles. The third-order valence-corrected chi connectivity index (χ3v) is 2.37. The molecule has 1 aromatic heterocycles. The van der Waals surface area contributed by atoms with Gasteiger partial charge in [0.25, 0.3) is 0 Å². The Labute approximate surface area is 80.6 Å². The molecule has 1 fully saturated rings. The van der Waals surface area contributed by atoms with Gasteiger partial charge in [0.05, 0.1) is 6.20 Å². The second kappa shape index (κ2) is 3.79. The van der Waals surface area contributed by atoms with Crippen LogP contribution >= 0.6 is 0 Å². The first-order valence-corrected chi connectivity index (χ1v) is 4.52. The first kappa shape index (κ1) is 9.21.